The van der Waals surface area contributed by atoms with Crippen molar-refractivity contribution in [2.75, 3.05) is 12.0 Å². The molecule has 0 aliphatic carbocycles. The van der Waals surface area contributed by atoms with Crippen molar-refractivity contribution >= 4 is 43.5 Å². The number of fused-ring (bicyclic) bond motifs is 1. The van der Waals surface area contributed by atoms with Gasteiger partial charge < -0.3 is 10.8 Å². The molecule has 1 aliphatic heterocycles. The molecule has 0 saturated heterocycles. The van der Waals surface area contributed by atoms with Crippen LogP contribution in [0.1, 0.15) is 6.42 Å². The molecular weight excluding hydrogens is 488 g/mol. The van der Waals surface area contributed by atoms with Gasteiger partial charge in [-0.3, -0.25) is 13.9 Å². The van der Waals surface area contributed by atoms with Gasteiger partial charge in [0, 0.05) is 5.56 Å². The normalized spacial score (nSPS) is 12.6. The number of rotatable bonds is 5. The third-order valence-corrected chi connectivity index (χ3v) is 4.40. The van der Waals surface area contributed by atoms with Crippen molar-refractivity contribution < 1.29 is 35.8 Å². The van der Waals surface area contributed by atoms with Gasteiger partial charge >= 0.3 is 16.4 Å². The summed E-state index contributed by atoms with van der Waals surface area (Å²) >= 11 is 1.60. The van der Waals surface area contributed by atoms with Gasteiger partial charge in [-0.25, -0.2) is 4.99 Å². The van der Waals surface area contributed by atoms with Crippen molar-refractivity contribution in [3.63, 3.8) is 0 Å². The Morgan fingerprint density at radius 1 is 1.16 bits per heavy atom. The number of hydrogen-bond acceptors (Lipinski definition) is 10. The molecule has 17 heteroatoms. The summed E-state index contributed by atoms with van der Waals surface area (Å²) in [6.45, 7) is 0. The minimum Gasteiger partial charge on any atom is -0.480 e. The van der Waals surface area contributed by atoms with E-state index in [0.717, 1.165) is 11.3 Å². The Morgan fingerprint density at radius 2 is 1.75 bits per heavy atom. The zero-order valence-electron chi connectivity index (χ0n) is 16.3. The van der Waals surface area contributed by atoms with Crippen molar-refractivity contribution in [2.24, 2.45) is 15.7 Å². The van der Waals surface area contributed by atoms with E-state index in [0.29, 0.717) is 17.5 Å². The lowest BCUT2D eigenvalue weighted by Gasteiger charge is -2.02. The number of aromatic nitrogens is 3. The quantitative estimate of drug-likeness (QED) is 0.260. The summed E-state index contributed by atoms with van der Waals surface area (Å²) in [5, 5.41) is 19.4. The Balaban J connectivity index is 0.000000308. The maximum atomic E-state index is 10.8. The first kappa shape index (κ1) is 27.2. The number of aliphatic carboxylic acids is 1. The number of nitrogens with zero attached hydrogens (tertiary/aromatic N) is 5. The van der Waals surface area contributed by atoms with Gasteiger partial charge in [-0.1, -0.05) is 30.3 Å². The van der Waals surface area contributed by atoms with E-state index in [1.54, 1.807) is 11.8 Å². The van der Waals surface area contributed by atoms with Gasteiger partial charge in [0.1, 0.15) is 17.1 Å². The molecule has 3 rings (SSSR count). The van der Waals surface area contributed by atoms with Crippen molar-refractivity contribution in [3.8, 4) is 11.3 Å². The fourth-order valence-electron chi connectivity index (χ4n) is 1.93. The number of nitrogens with two attached hydrogens (primary N) is 1. The third kappa shape index (κ3) is 9.98. The van der Waals surface area contributed by atoms with E-state index in [-0.39, 0.29) is 10.6 Å². The molecule has 0 unspecified atom stereocenters. The average Bonchev–Trinajstić information content (AvgIpc) is 3.16. The first-order valence-corrected chi connectivity index (χ1v) is 12.2. The largest absolute Gasteiger partial charge is 0.480 e. The lowest BCUT2D eigenvalue weighted by atomic mass is 10.1. The second-order valence-corrected chi connectivity index (χ2v) is 8.31. The molecule has 0 bridgehead atoms. The zero-order valence-corrected chi connectivity index (χ0v) is 18.7. The highest BCUT2D eigenvalue weighted by atomic mass is 32.3. The van der Waals surface area contributed by atoms with E-state index in [2.05, 4.69) is 25.4 Å². The topological polar surface area (TPSA) is 235 Å². The molecule has 1 aromatic heterocycles. The predicted molar refractivity (Wildman–Crippen MR) is 114 cm³/mol. The summed E-state index contributed by atoms with van der Waals surface area (Å²) in [6, 6.07) is 8.51. The summed E-state index contributed by atoms with van der Waals surface area (Å²) in [4.78, 5) is 17.7. The van der Waals surface area contributed by atoms with Gasteiger partial charge in [-0.2, -0.15) is 33.6 Å². The van der Waals surface area contributed by atoms with Crippen LogP contribution in [0.5, 0.6) is 0 Å². The second kappa shape index (κ2) is 12.9. The van der Waals surface area contributed by atoms with Crippen LogP contribution in [0.15, 0.2) is 40.3 Å². The molecule has 32 heavy (non-hydrogen) atoms. The number of carboxylic acid groups (broad SMARTS) is 1. The Labute approximate surface area is 187 Å². The predicted octanol–water partition coefficient (Wildman–Crippen LogP) is -1.74. The Kier molecular flexibility index (Phi) is 11.0. The maximum absolute atomic E-state index is 10.8. The van der Waals surface area contributed by atoms with Crippen LogP contribution in [0.4, 0.5) is 0 Å². The van der Waals surface area contributed by atoms with Crippen LogP contribution in [0, 0.1) is 0 Å². The minimum atomic E-state index is -4.67. The third-order valence-electron chi connectivity index (χ3n) is 3.28. The molecule has 0 saturated carbocycles. The molecule has 1 aliphatic rings. The van der Waals surface area contributed by atoms with E-state index in [9.17, 15) is 13.2 Å². The smallest absolute Gasteiger partial charge is 0.394 e. The van der Waals surface area contributed by atoms with Crippen molar-refractivity contribution in [3.05, 3.63) is 41.2 Å². The molecule has 0 radical (unpaired) electrons. The number of carboxylic acids is 1. The summed E-state index contributed by atoms with van der Waals surface area (Å²) in [5.41, 5.74) is 6.60. The first-order chi connectivity index (χ1) is 14.9. The molecule has 0 fully saturated rings. The summed E-state index contributed by atoms with van der Waals surface area (Å²) in [5.74, 6) is -0.1000. The monoisotopic (exact) mass is 506 g/mol. The standard InChI is InChI=1S/C10H5N5O2S.C5H11NO2S.H2O4S/c16-18(17)10-11-8-7(6-4-2-1-3-5-6)13-15-14-9(8)12-10;1-9-3-2-4(6)5(7)8;1-5(2,3)4/h1-5H;4H,2-3,6H2,1H3,(H,7,8);(H2,1,2,3,4)/t;4-;/m.0./s1. The van der Waals surface area contributed by atoms with Gasteiger partial charge in [-0.15, -0.1) is 10.2 Å². The van der Waals surface area contributed by atoms with Gasteiger partial charge in [0.25, 0.3) is 15.4 Å². The number of thioether (sulfide) groups is 1. The molecule has 1 aromatic carbocycles. The fraction of sp³-hybridized carbons (Fsp3) is 0.267. The lowest BCUT2D eigenvalue weighted by Crippen LogP contribution is -2.30. The van der Waals surface area contributed by atoms with Crippen LogP contribution in [0.2, 0.25) is 0 Å². The molecule has 0 amide bonds. The van der Waals surface area contributed by atoms with Crippen molar-refractivity contribution in [2.45, 2.75) is 12.5 Å². The van der Waals surface area contributed by atoms with E-state index in [4.69, 9.17) is 28.4 Å². The van der Waals surface area contributed by atoms with Crippen molar-refractivity contribution in [1.29, 1.82) is 0 Å². The number of benzene rings is 1. The second-order valence-electron chi connectivity index (χ2n) is 5.59. The van der Waals surface area contributed by atoms with Crippen LogP contribution in [0.3, 0.4) is 0 Å². The van der Waals surface area contributed by atoms with Gasteiger partial charge in [0.15, 0.2) is 0 Å². The highest BCUT2D eigenvalue weighted by Crippen LogP contribution is 2.10. The summed E-state index contributed by atoms with van der Waals surface area (Å²) in [7, 11) is -7.16. The zero-order chi connectivity index (χ0) is 24.3. The van der Waals surface area contributed by atoms with Gasteiger partial charge in [0.05, 0.1) is 0 Å². The van der Waals surface area contributed by atoms with Crippen LogP contribution in [-0.2, 0) is 25.5 Å². The van der Waals surface area contributed by atoms with Gasteiger partial charge in [0.2, 0.25) is 5.49 Å². The SMILES string of the molecule is CSCC[C@H](N)C(=O)O.O=S(=O)(O)O.O=S(=O)=C1N=c2nnnc(-c3ccccc3)c2=N1. The molecule has 5 N–H and O–H groups in total. The van der Waals surface area contributed by atoms with E-state index >= 15 is 0 Å². The highest BCUT2D eigenvalue weighted by molar-refractivity contribution is 7.98. The molecule has 0 spiro atoms. The number of hydrogen-bond donors (Lipinski definition) is 4. The Hall–Kier alpha value is -2.83. The average molecular weight is 507 g/mol. The maximum Gasteiger partial charge on any atom is 0.394 e. The van der Waals surface area contributed by atoms with Crippen LogP contribution >= 0.6 is 11.8 Å². The van der Waals surface area contributed by atoms with E-state index in [1.165, 1.54) is 0 Å². The summed E-state index contributed by atoms with van der Waals surface area (Å²) in [6.07, 6.45) is 2.48. The van der Waals surface area contributed by atoms with Gasteiger partial charge in [-0.05, 0) is 23.6 Å². The van der Waals surface area contributed by atoms with E-state index < -0.39 is 32.7 Å². The van der Waals surface area contributed by atoms with E-state index in [1.807, 2.05) is 36.6 Å². The molecule has 1 atom stereocenters. The van der Waals surface area contributed by atoms with Crippen molar-refractivity contribution in [1.82, 2.24) is 15.4 Å². The number of carbonyl (C=O) groups is 1. The molecule has 174 valence electrons. The lowest BCUT2D eigenvalue weighted by molar-refractivity contribution is -0.138. The van der Waals surface area contributed by atoms with Crippen LogP contribution in [0.25, 0.3) is 11.3 Å². The molecular formula is C15H18N6O8S3. The fourth-order valence-corrected chi connectivity index (χ4v) is 2.75. The molecule has 2 heterocycles. The molecule has 14 nitrogen and oxygen atoms in total. The minimum absolute atomic E-state index is 0.169. The van der Waals surface area contributed by atoms with Crippen LogP contribution < -0.4 is 16.6 Å². The Bertz CT molecular complexity index is 1280. The summed E-state index contributed by atoms with van der Waals surface area (Å²) < 4.78 is 53.2. The van der Waals surface area contributed by atoms with Crippen LogP contribution in [-0.4, -0.2) is 75.6 Å². The Morgan fingerprint density at radius 3 is 2.25 bits per heavy atom. The first-order valence-electron chi connectivity index (χ1n) is 8.29. The highest BCUT2D eigenvalue weighted by Gasteiger charge is 2.13. The molecule has 2 aromatic rings.